The van der Waals surface area contributed by atoms with Crippen LogP contribution in [-0.4, -0.2) is 15.8 Å². The molecule has 5 nitrogen and oxygen atoms in total. The van der Waals surface area contributed by atoms with Gasteiger partial charge in [0.05, 0.1) is 33.4 Å². The van der Waals surface area contributed by atoms with Crippen LogP contribution in [0.5, 0.6) is 0 Å². The van der Waals surface area contributed by atoms with Crippen molar-refractivity contribution in [3.63, 3.8) is 0 Å². The quantitative estimate of drug-likeness (QED) is 0.142. The van der Waals surface area contributed by atoms with Gasteiger partial charge in [0.25, 0.3) is 6.71 Å². The summed E-state index contributed by atoms with van der Waals surface area (Å²) < 4.78 is 12.2. The van der Waals surface area contributed by atoms with E-state index in [9.17, 15) is 0 Å². The molecule has 0 amide bonds. The van der Waals surface area contributed by atoms with Crippen molar-refractivity contribution in [3.05, 3.63) is 317 Å². The molecule has 0 aliphatic carbocycles. The summed E-state index contributed by atoms with van der Waals surface area (Å²) in [6, 6.07) is 107. The molecular weight excluding hydrogens is 1480 g/mol. The van der Waals surface area contributed by atoms with Gasteiger partial charge in [-0.05, 0) is 248 Å². The molecular formula is C116H117BN4O. The van der Waals surface area contributed by atoms with Gasteiger partial charge >= 0.3 is 0 Å². The van der Waals surface area contributed by atoms with Gasteiger partial charge in [0.1, 0.15) is 11.2 Å². The second-order valence-corrected chi connectivity index (χ2v) is 43.5. The van der Waals surface area contributed by atoms with Gasteiger partial charge in [-0.3, -0.25) is 0 Å². The van der Waals surface area contributed by atoms with Crippen molar-refractivity contribution >= 4 is 123 Å². The molecule has 0 unspecified atom stereocenters. The molecule has 19 rings (SSSR count). The van der Waals surface area contributed by atoms with E-state index in [2.05, 4.69) is 458 Å². The topological polar surface area (TPSA) is 29.5 Å². The molecule has 5 heterocycles. The summed E-state index contributed by atoms with van der Waals surface area (Å²) in [6.07, 6.45) is 0. The zero-order chi connectivity index (χ0) is 85.9. The lowest BCUT2D eigenvalue weighted by Gasteiger charge is -2.47. The maximum Gasteiger partial charge on any atom is 0.252 e. The highest BCUT2D eigenvalue weighted by atomic mass is 16.3. The van der Waals surface area contributed by atoms with Crippen molar-refractivity contribution in [1.82, 2.24) is 9.13 Å². The Morgan fingerprint density at radius 2 is 0.557 bits per heavy atom. The van der Waals surface area contributed by atoms with Crippen LogP contribution in [0.3, 0.4) is 0 Å². The van der Waals surface area contributed by atoms with Crippen molar-refractivity contribution in [2.45, 2.75) is 209 Å². The fourth-order valence-electron chi connectivity index (χ4n) is 19.5. The number of hydrogen-bond acceptors (Lipinski definition) is 3. The first kappa shape index (κ1) is 79.9. The van der Waals surface area contributed by atoms with E-state index in [1.165, 1.54) is 105 Å². The van der Waals surface area contributed by atoms with E-state index in [0.29, 0.717) is 0 Å². The van der Waals surface area contributed by atoms with Gasteiger partial charge in [-0.25, -0.2) is 0 Å². The standard InChI is InChI=1S/C116H117BN4O/c1-109(2,3)73-44-42-72(43-45-73)87-64-79(115(19,20)21)65-92(83-39-33-41-104-105(83)84-38-31-32-40-103(84)122-104)108(87)121-100-69-82(119-97-56-48-76(112(10,11)12)60-90(97)91-61-77(113(13,14)15)49-57-98(91)119)51-53-94(100)117-93-52-50-81(118-95-54-46-74(110(4,5)6)58-88(95)89-59-75(111(7,8)9)47-55-96(89)118)68-99(93)120(101-66-80(116(22,23)24)67-102(121)106(101)117)107-85(70-34-27-25-28-35-70)62-78(114(16,17)18)63-86(107)71-36-29-26-30-37-71/h25-69H,1-24H3. The molecule has 0 spiro atoms. The molecule has 0 saturated heterocycles. The molecule has 3 aromatic heterocycles. The smallest absolute Gasteiger partial charge is 0.252 e. The second-order valence-electron chi connectivity index (χ2n) is 43.5. The summed E-state index contributed by atoms with van der Waals surface area (Å²) in [5.41, 5.74) is 37.1. The van der Waals surface area contributed by atoms with Crippen molar-refractivity contribution in [2.24, 2.45) is 0 Å². The Kier molecular flexibility index (Phi) is 18.2. The van der Waals surface area contributed by atoms with Crippen LogP contribution >= 0.6 is 0 Å². The fraction of sp³-hybridized carbons (Fsp3) is 0.276. The molecule has 0 atom stereocenters. The van der Waals surface area contributed by atoms with Gasteiger partial charge < -0.3 is 23.4 Å². The van der Waals surface area contributed by atoms with Crippen molar-refractivity contribution in [1.29, 1.82) is 0 Å². The Bertz CT molecular complexity index is 6920. The van der Waals surface area contributed by atoms with Gasteiger partial charge in [-0.15, -0.1) is 0 Å². The Hall–Kier alpha value is -11.9. The SMILES string of the molecule is CC(C)(C)c1ccc(-c2cc(C(C)(C)C)cc(-c3cccc4oc5ccccc5c34)c2N2c3cc(-n4c5ccc(C(C)(C)C)cc5c5cc(C(C)(C)C)ccc54)ccc3B3c4ccc(-n5c6ccc(C(C)(C)C)cc6c6cc(C(C)(C)C)ccc65)cc4N(c4c(-c5ccccc5)cc(C(C)(C)C)cc4-c4ccccc4)c4cc(C(C)(C)C)cc2c43)cc1. The summed E-state index contributed by atoms with van der Waals surface area (Å²) in [6.45, 7) is 56.4. The van der Waals surface area contributed by atoms with Crippen LogP contribution in [0, 0.1) is 0 Å². The first-order chi connectivity index (χ1) is 57.6. The minimum Gasteiger partial charge on any atom is -0.456 e. The summed E-state index contributed by atoms with van der Waals surface area (Å²) >= 11 is 0. The molecule has 0 bridgehead atoms. The van der Waals surface area contributed by atoms with E-state index >= 15 is 0 Å². The van der Waals surface area contributed by atoms with E-state index < -0.39 is 5.41 Å². The molecule has 122 heavy (non-hydrogen) atoms. The number of hydrogen-bond donors (Lipinski definition) is 0. The zero-order valence-electron chi connectivity index (χ0n) is 76.3. The molecule has 17 aromatic rings. The fourth-order valence-corrected chi connectivity index (χ4v) is 19.5. The van der Waals surface area contributed by atoms with Gasteiger partial charge in [0.2, 0.25) is 0 Å². The number of aromatic nitrogens is 2. The zero-order valence-corrected chi connectivity index (χ0v) is 76.3. The minimum atomic E-state index is -0.392. The first-order valence-electron chi connectivity index (χ1n) is 44.3. The Morgan fingerprint density at radius 3 is 0.943 bits per heavy atom. The highest BCUT2D eigenvalue weighted by molar-refractivity contribution is 7.00. The average Bonchev–Trinajstić information content (AvgIpc) is 0.716. The lowest BCUT2D eigenvalue weighted by atomic mass is 9.33. The summed E-state index contributed by atoms with van der Waals surface area (Å²) in [5.74, 6) is 0. The summed E-state index contributed by atoms with van der Waals surface area (Å²) in [7, 11) is 0. The predicted molar refractivity (Wildman–Crippen MR) is 528 cm³/mol. The van der Waals surface area contributed by atoms with E-state index in [1.54, 1.807) is 0 Å². The molecule has 2 aliphatic rings. The Labute approximate surface area is 724 Å². The van der Waals surface area contributed by atoms with Crippen LogP contribution in [0.2, 0.25) is 0 Å². The van der Waals surface area contributed by atoms with Crippen LogP contribution in [0.25, 0.3) is 121 Å². The van der Waals surface area contributed by atoms with E-state index in [-0.39, 0.29) is 44.6 Å². The Morgan fingerprint density at radius 1 is 0.230 bits per heavy atom. The normalized spacial score (nSPS) is 13.7. The van der Waals surface area contributed by atoms with Gasteiger partial charge in [-0.1, -0.05) is 318 Å². The predicted octanol–water partition coefficient (Wildman–Crippen LogP) is 30.9. The van der Waals surface area contributed by atoms with Crippen molar-refractivity contribution in [3.8, 4) is 55.9 Å². The number of fused-ring (bicyclic) bond motifs is 13. The third kappa shape index (κ3) is 13.3. The lowest BCUT2D eigenvalue weighted by molar-refractivity contribution is 0.590. The van der Waals surface area contributed by atoms with Crippen molar-refractivity contribution in [2.75, 3.05) is 9.80 Å². The molecule has 0 radical (unpaired) electrons. The third-order valence-corrected chi connectivity index (χ3v) is 26.7. The van der Waals surface area contributed by atoms with Crippen LogP contribution in [-0.2, 0) is 43.3 Å². The molecule has 0 N–H and O–H groups in total. The van der Waals surface area contributed by atoms with Gasteiger partial charge in [-0.2, -0.15) is 0 Å². The van der Waals surface area contributed by atoms with E-state index in [1.807, 2.05) is 0 Å². The highest BCUT2D eigenvalue weighted by Crippen LogP contribution is 2.57. The number of anilines is 6. The van der Waals surface area contributed by atoms with Crippen LogP contribution in [0.15, 0.2) is 277 Å². The average molecular weight is 1590 g/mol. The van der Waals surface area contributed by atoms with Crippen LogP contribution in [0.1, 0.15) is 211 Å². The number of nitrogens with zero attached hydrogens (tertiary/aromatic N) is 4. The van der Waals surface area contributed by atoms with E-state index in [0.717, 1.165) is 112 Å². The number of furan rings is 1. The second kappa shape index (κ2) is 27.8. The molecule has 14 aromatic carbocycles. The summed E-state index contributed by atoms with van der Waals surface area (Å²) in [5, 5.41) is 7.21. The minimum absolute atomic E-state index is 0.0773. The number of para-hydroxylation sites is 1. The van der Waals surface area contributed by atoms with Crippen molar-refractivity contribution < 1.29 is 4.42 Å². The molecule has 0 fully saturated rings. The van der Waals surface area contributed by atoms with E-state index in [4.69, 9.17) is 4.42 Å². The third-order valence-electron chi connectivity index (χ3n) is 26.7. The highest BCUT2D eigenvalue weighted by Gasteiger charge is 2.47. The molecule has 6 heteroatoms. The molecule has 2 aliphatic heterocycles. The largest absolute Gasteiger partial charge is 0.456 e. The monoisotopic (exact) mass is 1590 g/mol. The molecule has 610 valence electrons. The number of benzene rings is 14. The first-order valence-corrected chi connectivity index (χ1v) is 44.3. The maximum atomic E-state index is 7.03. The number of rotatable bonds is 8. The van der Waals surface area contributed by atoms with Gasteiger partial charge in [0, 0.05) is 88.7 Å². The van der Waals surface area contributed by atoms with Gasteiger partial charge in [0.15, 0.2) is 0 Å². The molecule has 0 saturated carbocycles. The van der Waals surface area contributed by atoms with Crippen LogP contribution < -0.4 is 26.2 Å². The maximum absolute atomic E-state index is 7.03. The van der Waals surface area contributed by atoms with Crippen LogP contribution in [0.4, 0.5) is 34.1 Å². The lowest BCUT2D eigenvalue weighted by Crippen LogP contribution is -2.61. The Balaban J connectivity index is 1.02. The summed E-state index contributed by atoms with van der Waals surface area (Å²) in [4.78, 5) is 5.56.